The fourth-order valence-corrected chi connectivity index (χ4v) is 5.39. The third kappa shape index (κ3) is 8.98. The topological polar surface area (TPSA) is 115 Å². The molecule has 1 heterocycles. The van der Waals surface area contributed by atoms with Gasteiger partial charge >= 0.3 is 0 Å². The first-order chi connectivity index (χ1) is 19.2. The van der Waals surface area contributed by atoms with Crippen LogP contribution in [0, 0.1) is 11.8 Å². The number of ether oxygens (including phenoxy) is 2. The van der Waals surface area contributed by atoms with Gasteiger partial charge in [-0.2, -0.15) is 5.10 Å². The Kier molecular flexibility index (Phi) is 12.3. The maximum absolute atomic E-state index is 13.6. The quantitative estimate of drug-likeness (QED) is 0.286. The number of hydrogen-bond acceptors (Lipinski definition) is 6. The molecule has 3 N–H and O–H groups in total. The smallest absolute Gasteiger partial charge is 0.272 e. The van der Waals surface area contributed by atoms with Crippen molar-refractivity contribution in [2.45, 2.75) is 97.2 Å². The fraction of sp³-hybridized carbons (Fsp3) is 0.645. The van der Waals surface area contributed by atoms with E-state index in [-0.39, 0.29) is 36.5 Å². The summed E-state index contributed by atoms with van der Waals surface area (Å²) >= 11 is 0. The minimum Gasteiger partial charge on any atom is -0.496 e. The highest BCUT2D eigenvalue weighted by molar-refractivity contribution is 5.94. The number of hydrogen-bond donors (Lipinski definition) is 3. The summed E-state index contributed by atoms with van der Waals surface area (Å²) in [6.07, 6.45) is 8.06. The Labute approximate surface area is 239 Å². The summed E-state index contributed by atoms with van der Waals surface area (Å²) in [5.41, 5.74) is 1.76. The molecule has 0 bridgehead atoms. The highest BCUT2D eigenvalue weighted by atomic mass is 16.5. The Morgan fingerprint density at radius 2 is 1.80 bits per heavy atom. The standard InChI is InChI=1S/C31H48N4O5/c1-6-24(36)19-32-29(37)17-23(16-15-22-11-8-7-9-12-22)33-31(38)25-18-26(35(34-25)20-21(2)3)30-27(39-4)13-10-14-28(30)40-5/h10,13-14,18,21-24,36H,6-9,11-12,15-17,19-20H2,1-5H3,(H,32,37)(H,33,38). The SMILES string of the molecule is CCC(O)CNC(=O)CC(CCC1CCCCC1)NC(=O)c1cc(-c2c(OC)cccc2OC)n(CC(C)C)n1. The van der Waals surface area contributed by atoms with Crippen molar-refractivity contribution >= 4 is 11.8 Å². The lowest BCUT2D eigenvalue weighted by molar-refractivity contribution is -0.122. The summed E-state index contributed by atoms with van der Waals surface area (Å²) in [6.45, 7) is 6.89. The highest BCUT2D eigenvalue weighted by Crippen LogP contribution is 2.39. The number of nitrogens with one attached hydrogen (secondary N) is 2. The number of methoxy groups -OCH3 is 2. The predicted molar refractivity (Wildman–Crippen MR) is 157 cm³/mol. The molecule has 1 saturated carbocycles. The molecule has 3 rings (SSSR count). The Hall–Kier alpha value is -3.07. The van der Waals surface area contributed by atoms with Crippen LogP contribution in [0.1, 0.15) is 89.0 Å². The number of benzene rings is 1. The van der Waals surface area contributed by atoms with Crippen LogP contribution >= 0.6 is 0 Å². The molecular formula is C31H48N4O5. The van der Waals surface area contributed by atoms with E-state index in [4.69, 9.17) is 14.6 Å². The Balaban J connectivity index is 1.83. The molecule has 40 heavy (non-hydrogen) atoms. The van der Waals surface area contributed by atoms with Crippen molar-refractivity contribution in [1.82, 2.24) is 20.4 Å². The molecule has 0 spiro atoms. The molecule has 0 aliphatic heterocycles. The highest BCUT2D eigenvalue weighted by Gasteiger charge is 2.25. The van der Waals surface area contributed by atoms with Gasteiger partial charge < -0.3 is 25.2 Å². The second-order valence-electron chi connectivity index (χ2n) is 11.4. The van der Waals surface area contributed by atoms with Crippen LogP contribution in [0.2, 0.25) is 0 Å². The van der Waals surface area contributed by atoms with E-state index >= 15 is 0 Å². The number of nitrogens with zero attached hydrogens (tertiary/aromatic N) is 2. The molecule has 1 fully saturated rings. The van der Waals surface area contributed by atoms with E-state index in [1.165, 1.54) is 32.1 Å². The molecule has 0 saturated heterocycles. The van der Waals surface area contributed by atoms with E-state index in [9.17, 15) is 14.7 Å². The van der Waals surface area contributed by atoms with Gasteiger partial charge in [-0.25, -0.2) is 0 Å². The molecule has 2 atom stereocenters. The van der Waals surface area contributed by atoms with E-state index in [1.54, 1.807) is 20.3 Å². The van der Waals surface area contributed by atoms with Gasteiger partial charge in [0.05, 0.1) is 31.6 Å². The van der Waals surface area contributed by atoms with Gasteiger partial charge in [-0.3, -0.25) is 14.3 Å². The van der Waals surface area contributed by atoms with E-state index in [0.29, 0.717) is 36.3 Å². The maximum atomic E-state index is 13.6. The number of aromatic nitrogens is 2. The normalized spacial score (nSPS) is 15.5. The molecule has 222 valence electrons. The van der Waals surface area contributed by atoms with Gasteiger partial charge in [0.25, 0.3) is 5.91 Å². The van der Waals surface area contributed by atoms with E-state index in [1.807, 2.05) is 29.8 Å². The first-order valence-electron chi connectivity index (χ1n) is 14.8. The molecular weight excluding hydrogens is 508 g/mol. The molecule has 2 unspecified atom stereocenters. The number of rotatable bonds is 15. The zero-order chi connectivity index (χ0) is 29.1. The zero-order valence-electron chi connectivity index (χ0n) is 24.9. The third-order valence-electron chi connectivity index (χ3n) is 7.66. The largest absolute Gasteiger partial charge is 0.496 e. The minimum atomic E-state index is -0.574. The van der Waals surface area contributed by atoms with Crippen LogP contribution in [0.15, 0.2) is 24.3 Å². The first kappa shape index (κ1) is 31.5. The van der Waals surface area contributed by atoms with Crippen molar-refractivity contribution in [2.75, 3.05) is 20.8 Å². The molecule has 2 amide bonds. The van der Waals surface area contributed by atoms with Crippen LogP contribution in [0.4, 0.5) is 0 Å². The van der Waals surface area contributed by atoms with Gasteiger partial charge in [-0.05, 0) is 49.3 Å². The summed E-state index contributed by atoms with van der Waals surface area (Å²) in [6, 6.07) is 7.03. The number of aliphatic hydroxyl groups is 1. The van der Waals surface area contributed by atoms with Crippen LogP contribution in [-0.4, -0.2) is 59.6 Å². The number of amides is 2. The average molecular weight is 557 g/mol. The van der Waals surface area contributed by atoms with Gasteiger partial charge in [-0.15, -0.1) is 0 Å². The molecule has 1 aliphatic rings. The molecule has 1 aliphatic carbocycles. The van der Waals surface area contributed by atoms with Crippen molar-refractivity contribution < 1.29 is 24.2 Å². The summed E-state index contributed by atoms with van der Waals surface area (Å²) < 4.78 is 13.1. The van der Waals surface area contributed by atoms with Gasteiger partial charge in [-0.1, -0.05) is 58.9 Å². The van der Waals surface area contributed by atoms with E-state index in [2.05, 4.69) is 24.5 Å². The van der Waals surface area contributed by atoms with Crippen LogP contribution in [0.25, 0.3) is 11.3 Å². The van der Waals surface area contributed by atoms with Crippen LogP contribution in [0.3, 0.4) is 0 Å². The van der Waals surface area contributed by atoms with E-state index in [0.717, 1.165) is 24.1 Å². The van der Waals surface area contributed by atoms with Crippen molar-refractivity contribution in [3.8, 4) is 22.8 Å². The van der Waals surface area contributed by atoms with Gasteiger partial charge in [0.15, 0.2) is 5.69 Å². The molecule has 9 nitrogen and oxygen atoms in total. The Bertz CT molecular complexity index is 1070. The van der Waals surface area contributed by atoms with Crippen LogP contribution in [0.5, 0.6) is 11.5 Å². The molecule has 1 aromatic heterocycles. The van der Waals surface area contributed by atoms with Gasteiger partial charge in [0.1, 0.15) is 11.5 Å². The zero-order valence-corrected chi connectivity index (χ0v) is 24.9. The summed E-state index contributed by atoms with van der Waals surface area (Å²) in [4.78, 5) is 26.3. The third-order valence-corrected chi connectivity index (χ3v) is 7.66. The first-order valence-corrected chi connectivity index (χ1v) is 14.8. The number of carbonyl (C=O) groups excluding carboxylic acids is 2. The lowest BCUT2D eigenvalue weighted by Crippen LogP contribution is -2.41. The summed E-state index contributed by atoms with van der Waals surface area (Å²) in [5.74, 6) is 1.70. The summed E-state index contributed by atoms with van der Waals surface area (Å²) in [7, 11) is 3.22. The van der Waals surface area contributed by atoms with Gasteiger partial charge in [0, 0.05) is 25.6 Å². The number of carbonyl (C=O) groups is 2. The lowest BCUT2D eigenvalue weighted by Gasteiger charge is -2.24. The van der Waals surface area contributed by atoms with Crippen molar-refractivity contribution in [1.29, 1.82) is 0 Å². The lowest BCUT2D eigenvalue weighted by atomic mass is 9.85. The Morgan fingerprint density at radius 1 is 1.12 bits per heavy atom. The molecule has 9 heteroatoms. The summed E-state index contributed by atoms with van der Waals surface area (Å²) in [5, 5.41) is 20.5. The predicted octanol–water partition coefficient (Wildman–Crippen LogP) is 4.96. The fourth-order valence-electron chi connectivity index (χ4n) is 5.39. The second kappa shape index (κ2) is 15.6. The van der Waals surface area contributed by atoms with Gasteiger partial charge in [0.2, 0.25) is 5.91 Å². The maximum Gasteiger partial charge on any atom is 0.272 e. The van der Waals surface area contributed by atoms with Crippen LogP contribution < -0.4 is 20.1 Å². The molecule has 0 radical (unpaired) electrons. The minimum absolute atomic E-state index is 0.161. The van der Waals surface area contributed by atoms with E-state index < -0.39 is 6.10 Å². The van der Waals surface area contributed by atoms with Crippen LogP contribution in [-0.2, 0) is 11.3 Å². The van der Waals surface area contributed by atoms with Crippen molar-refractivity contribution in [3.63, 3.8) is 0 Å². The Morgan fingerprint density at radius 3 is 2.40 bits per heavy atom. The number of aliphatic hydroxyl groups excluding tert-OH is 1. The van der Waals surface area contributed by atoms with Crippen molar-refractivity contribution in [2.24, 2.45) is 11.8 Å². The van der Waals surface area contributed by atoms with Crippen molar-refractivity contribution in [3.05, 3.63) is 30.0 Å². The molecule has 2 aromatic rings. The second-order valence-corrected chi connectivity index (χ2v) is 11.4. The monoisotopic (exact) mass is 556 g/mol. The molecule has 1 aromatic carbocycles. The average Bonchev–Trinajstić information content (AvgIpc) is 3.37.